The molecular formula is C21H21F3N2O2S. The van der Waals surface area contributed by atoms with E-state index < -0.39 is 21.8 Å². The molecule has 2 aromatic carbocycles. The maximum absolute atomic E-state index is 13.9. The van der Waals surface area contributed by atoms with E-state index in [0.717, 1.165) is 29.4 Å². The van der Waals surface area contributed by atoms with E-state index in [9.17, 15) is 21.6 Å². The van der Waals surface area contributed by atoms with Gasteiger partial charge in [0.05, 0.1) is 16.0 Å². The molecule has 2 heterocycles. The van der Waals surface area contributed by atoms with E-state index in [-0.39, 0.29) is 15.8 Å². The molecule has 0 bridgehead atoms. The Balaban J connectivity index is 1.99. The topological polar surface area (TPSA) is 42.3 Å². The van der Waals surface area contributed by atoms with Gasteiger partial charge in [-0.3, -0.25) is 0 Å². The number of piperidine rings is 1. The van der Waals surface area contributed by atoms with E-state index in [0.29, 0.717) is 24.3 Å². The predicted octanol–water partition coefficient (Wildman–Crippen LogP) is 5.20. The lowest BCUT2D eigenvalue weighted by atomic mass is 10.1. The third-order valence-corrected chi connectivity index (χ3v) is 6.99. The van der Waals surface area contributed by atoms with E-state index in [1.165, 1.54) is 18.2 Å². The van der Waals surface area contributed by atoms with Crippen LogP contribution in [0.15, 0.2) is 53.6 Å². The van der Waals surface area contributed by atoms with E-state index in [2.05, 4.69) is 0 Å². The van der Waals surface area contributed by atoms with Crippen LogP contribution in [0, 0.1) is 6.92 Å². The number of hydrogen-bond acceptors (Lipinski definition) is 3. The van der Waals surface area contributed by atoms with Crippen molar-refractivity contribution in [1.29, 1.82) is 0 Å². The molecule has 1 saturated heterocycles. The van der Waals surface area contributed by atoms with E-state index >= 15 is 0 Å². The van der Waals surface area contributed by atoms with Gasteiger partial charge in [0.2, 0.25) is 0 Å². The lowest BCUT2D eigenvalue weighted by molar-refractivity contribution is -0.136. The Bertz CT molecular complexity index is 1160. The maximum atomic E-state index is 13.9. The molecule has 0 unspecified atom stereocenters. The SMILES string of the molecule is Cc1cccc(S(=O)(=O)n2cc(C(F)(F)F)c3c(N4CCCCC4)cccc32)c1. The molecule has 4 nitrogen and oxygen atoms in total. The number of alkyl halides is 3. The highest BCUT2D eigenvalue weighted by molar-refractivity contribution is 7.90. The average Bonchev–Trinajstić information content (AvgIpc) is 3.10. The summed E-state index contributed by atoms with van der Waals surface area (Å²) >= 11 is 0. The molecule has 1 fully saturated rings. The zero-order valence-corrected chi connectivity index (χ0v) is 16.7. The fourth-order valence-corrected chi connectivity index (χ4v) is 5.41. The first-order valence-corrected chi connectivity index (χ1v) is 10.9. The molecule has 0 spiro atoms. The molecule has 3 aromatic rings. The van der Waals surface area contributed by atoms with Crippen LogP contribution >= 0.6 is 0 Å². The highest BCUT2D eigenvalue weighted by atomic mass is 32.2. The van der Waals surface area contributed by atoms with Gasteiger partial charge in [0.15, 0.2) is 0 Å². The number of hydrogen-bond donors (Lipinski definition) is 0. The molecule has 0 amide bonds. The van der Waals surface area contributed by atoms with Gasteiger partial charge >= 0.3 is 6.18 Å². The average molecular weight is 422 g/mol. The highest BCUT2D eigenvalue weighted by Crippen LogP contribution is 2.42. The first-order chi connectivity index (χ1) is 13.7. The Kier molecular flexibility index (Phi) is 4.85. The Morgan fingerprint density at radius 1 is 0.966 bits per heavy atom. The molecule has 0 N–H and O–H groups in total. The van der Waals surface area contributed by atoms with Gasteiger partial charge in [-0.05, 0) is 56.0 Å². The van der Waals surface area contributed by atoms with Crippen molar-refractivity contribution in [1.82, 2.24) is 3.97 Å². The van der Waals surface area contributed by atoms with Gasteiger partial charge in [0, 0.05) is 30.4 Å². The molecule has 1 aliphatic heterocycles. The van der Waals surface area contributed by atoms with Gasteiger partial charge in [-0.2, -0.15) is 13.2 Å². The van der Waals surface area contributed by atoms with Crippen molar-refractivity contribution in [2.45, 2.75) is 37.3 Å². The van der Waals surface area contributed by atoms with Gasteiger partial charge in [-0.1, -0.05) is 18.2 Å². The van der Waals surface area contributed by atoms with Gasteiger partial charge in [0.25, 0.3) is 10.0 Å². The number of fused-ring (bicyclic) bond motifs is 1. The van der Waals surface area contributed by atoms with Crippen molar-refractivity contribution in [3.05, 3.63) is 59.8 Å². The predicted molar refractivity (Wildman–Crippen MR) is 107 cm³/mol. The smallest absolute Gasteiger partial charge is 0.371 e. The molecular weight excluding hydrogens is 401 g/mol. The summed E-state index contributed by atoms with van der Waals surface area (Å²) in [6.45, 7) is 3.06. The third-order valence-electron chi connectivity index (χ3n) is 5.32. The van der Waals surface area contributed by atoms with Crippen molar-refractivity contribution in [2.24, 2.45) is 0 Å². The second-order valence-corrected chi connectivity index (χ2v) is 9.19. The van der Waals surface area contributed by atoms with Gasteiger partial charge < -0.3 is 4.90 Å². The maximum Gasteiger partial charge on any atom is 0.418 e. The van der Waals surface area contributed by atoms with Crippen molar-refractivity contribution in [3.63, 3.8) is 0 Å². The minimum absolute atomic E-state index is 0.0356. The van der Waals surface area contributed by atoms with Crippen LogP contribution in [-0.2, 0) is 16.2 Å². The van der Waals surface area contributed by atoms with Crippen molar-refractivity contribution < 1.29 is 21.6 Å². The Morgan fingerprint density at radius 2 is 1.66 bits per heavy atom. The van der Waals surface area contributed by atoms with Crippen LogP contribution in [0.2, 0.25) is 0 Å². The van der Waals surface area contributed by atoms with E-state index in [1.807, 2.05) is 4.90 Å². The number of rotatable bonds is 3. The summed E-state index contributed by atoms with van der Waals surface area (Å²) < 4.78 is 68.9. The van der Waals surface area contributed by atoms with Crippen LogP contribution in [0.1, 0.15) is 30.4 Å². The Hall–Kier alpha value is -2.48. The molecule has 0 radical (unpaired) electrons. The molecule has 0 saturated carbocycles. The summed E-state index contributed by atoms with van der Waals surface area (Å²) in [4.78, 5) is 1.89. The van der Waals surface area contributed by atoms with Crippen molar-refractivity contribution in [3.8, 4) is 0 Å². The molecule has 154 valence electrons. The Labute approximate surface area is 167 Å². The van der Waals surface area contributed by atoms with Gasteiger partial charge in [-0.25, -0.2) is 12.4 Å². The van der Waals surface area contributed by atoms with Gasteiger partial charge in [-0.15, -0.1) is 0 Å². The van der Waals surface area contributed by atoms with Crippen LogP contribution in [-0.4, -0.2) is 25.5 Å². The summed E-state index contributed by atoms with van der Waals surface area (Å²) in [5.74, 6) is 0. The molecule has 1 aromatic heterocycles. The van der Waals surface area contributed by atoms with Crippen LogP contribution in [0.4, 0.5) is 18.9 Å². The fourth-order valence-electron chi connectivity index (χ4n) is 3.94. The number of anilines is 1. The summed E-state index contributed by atoms with van der Waals surface area (Å²) in [6.07, 6.45) is -1.10. The summed E-state index contributed by atoms with van der Waals surface area (Å²) in [5.41, 5.74) is 0.270. The molecule has 0 aliphatic carbocycles. The van der Waals surface area contributed by atoms with Crippen LogP contribution < -0.4 is 4.90 Å². The zero-order valence-electron chi connectivity index (χ0n) is 15.9. The number of nitrogens with zero attached hydrogens (tertiary/aromatic N) is 2. The second kappa shape index (κ2) is 7.09. The van der Waals surface area contributed by atoms with Crippen molar-refractivity contribution in [2.75, 3.05) is 18.0 Å². The van der Waals surface area contributed by atoms with Crippen LogP contribution in [0.25, 0.3) is 10.9 Å². The van der Waals surface area contributed by atoms with Gasteiger partial charge in [0.1, 0.15) is 0 Å². The summed E-state index contributed by atoms with van der Waals surface area (Å²) in [6, 6.07) is 10.9. The lowest BCUT2D eigenvalue weighted by Gasteiger charge is -2.29. The minimum Gasteiger partial charge on any atom is -0.371 e. The van der Waals surface area contributed by atoms with Crippen molar-refractivity contribution >= 4 is 26.6 Å². The quantitative estimate of drug-likeness (QED) is 0.583. The zero-order chi connectivity index (χ0) is 20.8. The third kappa shape index (κ3) is 3.50. The van der Waals surface area contributed by atoms with E-state index in [1.54, 1.807) is 31.2 Å². The lowest BCUT2D eigenvalue weighted by Crippen LogP contribution is -2.29. The first-order valence-electron chi connectivity index (χ1n) is 9.48. The van der Waals surface area contributed by atoms with Crippen LogP contribution in [0.3, 0.4) is 0 Å². The normalized spacial score (nSPS) is 15.8. The highest BCUT2D eigenvalue weighted by Gasteiger charge is 2.38. The monoisotopic (exact) mass is 422 g/mol. The molecule has 8 heteroatoms. The fraction of sp³-hybridized carbons (Fsp3) is 0.333. The largest absolute Gasteiger partial charge is 0.418 e. The molecule has 1 aliphatic rings. The number of aromatic nitrogens is 1. The number of halogens is 3. The second-order valence-electron chi connectivity index (χ2n) is 7.38. The Morgan fingerprint density at radius 3 is 2.31 bits per heavy atom. The molecule has 4 rings (SSSR count). The minimum atomic E-state index is -4.67. The first kappa shape index (κ1) is 19.8. The number of aryl methyl sites for hydroxylation is 1. The number of benzene rings is 2. The molecule has 29 heavy (non-hydrogen) atoms. The summed E-state index contributed by atoms with van der Waals surface area (Å²) in [7, 11) is -4.18. The standard InChI is InChI=1S/C21H21F3N2O2S/c1-15-7-5-8-16(13-15)29(27,28)26-14-17(21(22,23)24)20-18(9-6-10-19(20)26)25-11-3-2-4-12-25/h5-10,13-14H,2-4,11-12H2,1H3. The van der Waals surface area contributed by atoms with Crippen LogP contribution in [0.5, 0.6) is 0 Å². The molecule has 0 atom stereocenters. The summed E-state index contributed by atoms with van der Waals surface area (Å²) in [5, 5.41) is -0.0573. The van der Waals surface area contributed by atoms with E-state index in [4.69, 9.17) is 0 Å².